The largest absolute Gasteiger partial charge is 0.368 e. The van der Waals surface area contributed by atoms with Crippen molar-refractivity contribution in [2.24, 2.45) is 0 Å². The van der Waals surface area contributed by atoms with Gasteiger partial charge in [-0.25, -0.2) is 4.98 Å². The van der Waals surface area contributed by atoms with Crippen LogP contribution in [0.1, 0.15) is 18.4 Å². The fraction of sp³-hybridized carbons (Fsp3) is 0.273. The third-order valence-corrected chi connectivity index (χ3v) is 5.59. The molecule has 27 heavy (non-hydrogen) atoms. The van der Waals surface area contributed by atoms with E-state index in [1.54, 1.807) is 4.90 Å². The van der Waals surface area contributed by atoms with Gasteiger partial charge in [-0.2, -0.15) is 0 Å². The van der Waals surface area contributed by atoms with Crippen LogP contribution in [0.3, 0.4) is 0 Å². The Morgan fingerprint density at radius 1 is 1.11 bits per heavy atom. The number of hydrogen-bond acceptors (Lipinski definition) is 4. The molecule has 1 amide bonds. The van der Waals surface area contributed by atoms with Crippen LogP contribution >= 0.6 is 11.3 Å². The maximum atomic E-state index is 13.1. The molecule has 3 aromatic rings. The van der Waals surface area contributed by atoms with Gasteiger partial charge in [-0.3, -0.25) is 9.69 Å². The molecule has 5 heteroatoms. The molecule has 1 fully saturated rings. The average molecular weight is 378 g/mol. The number of amides is 1. The third kappa shape index (κ3) is 4.26. The molecule has 1 aliphatic heterocycles. The number of ether oxygens (including phenoxy) is 1. The van der Waals surface area contributed by atoms with E-state index in [4.69, 9.17) is 9.72 Å². The molecule has 0 radical (unpaired) electrons. The van der Waals surface area contributed by atoms with Crippen LogP contribution in [0.15, 0.2) is 66.0 Å². The van der Waals surface area contributed by atoms with Crippen LogP contribution in [0.2, 0.25) is 0 Å². The lowest BCUT2D eigenvalue weighted by Gasteiger charge is -2.23. The molecule has 2 heterocycles. The van der Waals surface area contributed by atoms with Crippen molar-refractivity contribution in [3.05, 3.63) is 71.6 Å². The molecule has 1 atom stereocenters. The van der Waals surface area contributed by atoms with Crippen molar-refractivity contribution in [1.82, 2.24) is 4.98 Å². The Bertz CT molecular complexity index is 874. The normalized spacial score (nSPS) is 16.4. The SMILES string of the molecule is O=C(C1CCCO1)N(CCc1ccccc1)c1nc(-c2ccccc2)cs1. The molecule has 2 aromatic carbocycles. The van der Waals surface area contributed by atoms with Crippen molar-refractivity contribution >= 4 is 22.4 Å². The van der Waals surface area contributed by atoms with Gasteiger partial charge in [-0.1, -0.05) is 60.7 Å². The van der Waals surface area contributed by atoms with E-state index in [0.29, 0.717) is 13.2 Å². The zero-order valence-electron chi connectivity index (χ0n) is 15.1. The molecular weight excluding hydrogens is 356 g/mol. The second kappa shape index (κ2) is 8.46. The predicted molar refractivity (Wildman–Crippen MR) is 109 cm³/mol. The highest BCUT2D eigenvalue weighted by Crippen LogP contribution is 2.29. The number of thiazole rings is 1. The molecule has 1 aliphatic rings. The van der Waals surface area contributed by atoms with Crippen LogP contribution in [-0.4, -0.2) is 30.1 Å². The summed E-state index contributed by atoms with van der Waals surface area (Å²) in [7, 11) is 0. The van der Waals surface area contributed by atoms with Gasteiger partial charge in [0.25, 0.3) is 5.91 Å². The molecule has 1 aromatic heterocycles. The number of carbonyl (C=O) groups is 1. The quantitative estimate of drug-likeness (QED) is 0.631. The van der Waals surface area contributed by atoms with E-state index in [-0.39, 0.29) is 12.0 Å². The first-order valence-corrected chi connectivity index (χ1v) is 10.2. The highest BCUT2D eigenvalue weighted by atomic mass is 32.1. The van der Waals surface area contributed by atoms with E-state index in [1.807, 2.05) is 53.9 Å². The number of carbonyl (C=O) groups excluding carboxylic acids is 1. The summed E-state index contributed by atoms with van der Waals surface area (Å²) in [6.45, 7) is 1.26. The summed E-state index contributed by atoms with van der Waals surface area (Å²) in [5, 5.41) is 2.76. The van der Waals surface area contributed by atoms with E-state index >= 15 is 0 Å². The van der Waals surface area contributed by atoms with Gasteiger partial charge in [-0.15, -0.1) is 11.3 Å². The summed E-state index contributed by atoms with van der Waals surface area (Å²) in [6, 6.07) is 20.3. The van der Waals surface area contributed by atoms with Gasteiger partial charge in [0.05, 0.1) is 5.69 Å². The zero-order valence-corrected chi connectivity index (χ0v) is 15.9. The Kier molecular flexibility index (Phi) is 5.61. The zero-order chi connectivity index (χ0) is 18.5. The highest BCUT2D eigenvalue weighted by molar-refractivity contribution is 7.14. The predicted octanol–water partition coefficient (Wildman–Crippen LogP) is 4.56. The molecule has 4 rings (SSSR count). The van der Waals surface area contributed by atoms with Gasteiger partial charge >= 0.3 is 0 Å². The number of aromatic nitrogens is 1. The first-order chi connectivity index (χ1) is 13.3. The van der Waals surface area contributed by atoms with Crippen molar-refractivity contribution in [2.45, 2.75) is 25.4 Å². The maximum absolute atomic E-state index is 13.1. The van der Waals surface area contributed by atoms with Gasteiger partial charge in [-0.05, 0) is 24.8 Å². The van der Waals surface area contributed by atoms with E-state index in [9.17, 15) is 4.79 Å². The second-order valence-corrected chi connectivity index (χ2v) is 7.45. The molecule has 1 saturated heterocycles. The lowest BCUT2D eigenvalue weighted by atomic mass is 10.1. The van der Waals surface area contributed by atoms with Crippen LogP contribution in [0, 0.1) is 0 Å². The van der Waals surface area contributed by atoms with Gasteiger partial charge in [0.1, 0.15) is 6.10 Å². The van der Waals surface area contributed by atoms with E-state index in [2.05, 4.69) is 12.1 Å². The minimum Gasteiger partial charge on any atom is -0.368 e. The Labute approximate surface area is 163 Å². The first-order valence-electron chi connectivity index (χ1n) is 9.29. The molecule has 0 spiro atoms. The van der Waals surface area contributed by atoms with Gasteiger partial charge in [0, 0.05) is 24.1 Å². The summed E-state index contributed by atoms with van der Waals surface area (Å²) in [6.07, 6.45) is 2.18. The Morgan fingerprint density at radius 2 is 1.85 bits per heavy atom. The molecule has 4 nitrogen and oxygen atoms in total. The topological polar surface area (TPSA) is 42.4 Å². The second-order valence-electron chi connectivity index (χ2n) is 6.61. The average Bonchev–Trinajstić information content (AvgIpc) is 3.42. The summed E-state index contributed by atoms with van der Waals surface area (Å²) in [4.78, 5) is 19.6. The van der Waals surface area contributed by atoms with Crippen molar-refractivity contribution in [2.75, 3.05) is 18.1 Å². The van der Waals surface area contributed by atoms with Crippen molar-refractivity contribution in [1.29, 1.82) is 0 Å². The lowest BCUT2D eigenvalue weighted by molar-refractivity contribution is -0.127. The van der Waals surface area contributed by atoms with E-state index < -0.39 is 0 Å². The smallest absolute Gasteiger partial charge is 0.257 e. The molecule has 0 N–H and O–H groups in total. The molecule has 0 saturated carbocycles. The molecule has 0 bridgehead atoms. The minimum atomic E-state index is -0.343. The number of nitrogens with zero attached hydrogens (tertiary/aromatic N) is 2. The number of anilines is 1. The highest BCUT2D eigenvalue weighted by Gasteiger charge is 2.30. The third-order valence-electron chi connectivity index (χ3n) is 4.73. The Morgan fingerprint density at radius 3 is 2.56 bits per heavy atom. The van der Waals surface area contributed by atoms with Crippen molar-refractivity contribution in [3.63, 3.8) is 0 Å². The molecule has 1 unspecified atom stereocenters. The van der Waals surface area contributed by atoms with Crippen LogP contribution < -0.4 is 4.90 Å². The van der Waals surface area contributed by atoms with Crippen LogP contribution in [0.5, 0.6) is 0 Å². The van der Waals surface area contributed by atoms with Crippen LogP contribution in [-0.2, 0) is 16.0 Å². The number of benzene rings is 2. The van der Waals surface area contributed by atoms with Crippen molar-refractivity contribution < 1.29 is 9.53 Å². The fourth-order valence-electron chi connectivity index (χ4n) is 3.26. The van der Waals surface area contributed by atoms with E-state index in [0.717, 1.165) is 35.7 Å². The van der Waals surface area contributed by atoms with Crippen LogP contribution in [0.4, 0.5) is 5.13 Å². The summed E-state index contributed by atoms with van der Waals surface area (Å²) < 4.78 is 5.65. The maximum Gasteiger partial charge on any atom is 0.257 e. The number of hydrogen-bond donors (Lipinski definition) is 0. The van der Waals surface area contributed by atoms with E-state index in [1.165, 1.54) is 16.9 Å². The summed E-state index contributed by atoms with van der Waals surface area (Å²) >= 11 is 1.51. The monoisotopic (exact) mass is 378 g/mol. The molecule has 138 valence electrons. The number of rotatable bonds is 6. The van der Waals surface area contributed by atoms with Crippen LogP contribution in [0.25, 0.3) is 11.3 Å². The molecular formula is C22H22N2O2S. The molecule has 0 aliphatic carbocycles. The summed E-state index contributed by atoms with van der Waals surface area (Å²) in [5.74, 6) is 0.0254. The van der Waals surface area contributed by atoms with Gasteiger partial charge in [0.15, 0.2) is 5.13 Å². The first kappa shape index (κ1) is 17.9. The lowest BCUT2D eigenvalue weighted by Crippen LogP contribution is -2.40. The Hall–Kier alpha value is -2.50. The van der Waals surface area contributed by atoms with Gasteiger partial charge in [0.2, 0.25) is 0 Å². The fourth-order valence-corrected chi connectivity index (χ4v) is 4.13. The Balaban J connectivity index is 1.57. The van der Waals surface area contributed by atoms with Gasteiger partial charge < -0.3 is 4.74 Å². The summed E-state index contributed by atoms with van der Waals surface area (Å²) in [5.41, 5.74) is 3.18. The standard InChI is InChI=1S/C22H22N2O2S/c25-21(20-12-7-15-26-20)24(14-13-17-8-3-1-4-9-17)22-23-19(16-27-22)18-10-5-2-6-11-18/h1-6,8-11,16,20H,7,12-15H2. The van der Waals surface area contributed by atoms with Crippen molar-refractivity contribution in [3.8, 4) is 11.3 Å². The minimum absolute atomic E-state index is 0.0254.